The van der Waals surface area contributed by atoms with Gasteiger partial charge < -0.3 is 5.11 Å². The summed E-state index contributed by atoms with van der Waals surface area (Å²) in [7, 11) is 0. The summed E-state index contributed by atoms with van der Waals surface area (Å²) in [6.45, 7) is 2.38. The van der Waals surface area contributed by atoms with Crippen molar-refractivity contribution in [1.82, 2.24) is 10.0 Å². The maximum absolute atomic E-state index is 14.9. The van der Waals surface area contributed by atoms with Crippen molar-refractivity contribution in [2.45, 2.75) is 49.7 Å². The van der Waals surface area contributed by atoms with Gasteiger partial charge in [0.15, 0.2) is 0 Å². The Hall–Kier alpha value is -1.30. The number of halogens is 2. The summed E-state index contributed by atoms with van der Waals surface area (Å²) in [5.74, 6) is 2.36. The zero-order chi connectivity index (χ0) is 16.2. The standard InChI is InChI=1S/C14H21F2N5O/c1-12-10-8-20(18)7-2-11(10)19-21(12)9-13(22,5-6-17)3-4-14(12,15)16/h10,22H,2-5,7-9,18H2,1H3. The highest BCUT2D eigenvalue weighted by atomic mass is 19.3. The lowest BCUT2D eigenvalue weighted by atomic mass is 9.75. The second-order valence-corrected chi connectivity index (χ2v) is 6.86. The summed E-state index contributed by atoms with van der Waals surface area (Å²) in [5.41, 5.74) is -2.22. The molecule has 2 fully saturated rings. The minimum absolute atomic E-state index is 0.0444. The fraction of sp³-hybridized carbons (Fsp3) is 0.857. The Morgan fingerprint density at radius 2 is 2.23 bits per heavy atom. The van der Waals surface area contributed by atoms with Crippen molar-refractivity contribution in [3.8, 4) is 6.07 Å². The smallest absolute Gasteiger partial charge is 0.272 e. The molecule has 3 N–H and O–H groups in total. The first-order chi connectivity index (χ1) is 10.2. The van der Waals surface area contributed by atoms with Crippen LogP contribution in [0.15, 0.2) is 5.10 Å². The topological polar surface area (TPSA) is 88.9 Å². The summed E-state index contributed by atoms with van der Waals surface area (Å²) in [6.07, 6.45) is -0.181. The van der Waals surface area contributed by atoms with Gasteiger partial charge in [0, 0.05) is 37.6 Å². The molecule has 6 nitrogen and oxygen atoms in total. The number of nitrogens with zero attached hydrogens (tertiary/aromatic N) is 4. The number of alkyl halides is 2. The van der Waals surface area contributed by atoms with E-state index < -0.39 is 29.4 Å². The van der Waals surface area contributed by atoms with E-state index in [0.717, 1.165) is 5.71 Å². The van der Waals surface area contributed by atoms with Gasteiger partial charge >= 0.3 is 0 Å². The molecule has 0 aromatic heterocycles. The van der Waals surface area contributed by atoms with Crippen molar-refractivity contribution in [2.24, 2.45) is 16.9 Å². The molecule has 0 radical (unpaired) electrons. The first-order valence-electron chi connectivity index (χ1n) is 7.54. The summed E-state index contributed by atoms with van der Waals surface area (Å²) in [6, 6.07) is 1.90. The van der Waals surface area contributed by atoms with E-state index in [9.17, 15) is 13.9 Å². The summed E-state index contributed by atoms with van der Waals surface area (Å²) >= 11 is 0. The first-order valence-corrected chi connectivity index (χ1v) is 7.54. The lowest BCUT2D eigenvalue weighted by Crippen LogP contribution is -2.62. The number of β-amino-alcohol motifs (C(OH)–C–C–N with tert-alkyl or cyclic N) is 1. The van der Waals surface area contributed by atoms with Gasteiger partial charge in [0.25, 0.3) is 5.92 Å². The van der Waals surface area contributed by atoms with E-state index in [1.54, 1.807) is 5.01 Å². The van der Waals surface area contributed by atoms with Crippen LogP contribution in [0.25, 0.3) is 0 Å². The molecule has 0 aromatic rings. The van der Waals surface area contributed by atoms with Crippen LogP contribution in [-0.2, 0) is 0 Å². The van der Waals surface area contributed by atoms with Crippen LogP contribution in [-0.4, -0.2) is 57.5 Å². The van der Waals surface area contributed by atoms with E-state index in [1.165, 1.54) is 11.9 Å². The molecular weight excluding hydrogens is 292 g/mol. The Bertz CT molecular complexity index is 548. The molecule has 3 rings (SSSR count). The van der Waals surface area contributed by atoms with E-state index >= 15 is 0 Å². The molecule has 2 saturated heterocycles. The van der Waals surface area contributed by atoms with Crippen LogP contribution in [0.5, 0.6) is 0 Å². The molecule has 122 valence electrons. The quantitative estimate of drug-likeness (QED) is 0.695. The predicted octanol–water partition coefficient (Wildman–Crippen LogP) is 0.686. The van der Waals surface area contributed by atoms with Crippen LogP contribution in [0.1, 0.15) is 32.6 Å². The molecule has 3 atom stereocenters. The van der Waals surface area contributed by atoms with Gasteiger partial charge in [-0.3, -0.25) is 10.9 Å². The van der Waals surface area contributed by atoms with Gasteiger partial charge in [-0.05, 0) is 13.3 Å². The number of fused-ring (bicyclic) bond motifs is 3. The van der Waals surface area contributed by atoms with E-state index in [-0.39, 0.29) is 19.4 Å². The minimum atomic E-state index is -3.01. The van der Waals surface area contributed by atoms with Crippen molar-refractivity contribution in [3.05, 3.63) is 0 Å². The highest BCUT2D eigenvalue weighted by Crippen LogP contribution is 2.51. The van der Waals surface area contributed by atoms with Gasteiger partial charge in [-0.15, -0.1) is 0 Å². The third-order valence-electron chi connectivity index (χ3n) is 5.44. The number of rotatable bonds is 1. The Kier molecular flexibility index (Phi) is 3.43. The molecule has 3 aliphatic heterocycles. The molecule has 0 amide bonds. The average molecular weight is 313 g/mol. The molecule has 0 aromatic carbocycles. The number of hydrazone groups is 1. The predicted molar refractivity (Wildman–Crippen MR) is 75.8 cm³/mol. The van der Waals surface area contributed by atoms with Crippen molar-refractivity contribution < 1.29 is 13.9 Å². The third-order valence-corrected chi connectivity index (χ3v) is 5.44. The maximum Gasteiger partial charge on any atom is 0.272 e. The van der Waals surface area contributed by atoms with Gasteiger partial charge in [0.1, 0.15) is 5.54 Å². The van der Waals surface area contributed by atoms with Gasteiger partial charge in [-0.1, -0.05) is 0 Å². The number of hydrogen-bond acceptors (Lipinski definition) is 6. The summed E-state index contributed by atoms with van der Waals surface area (Å²) in [4.78, 5) is 0. The first kappa shape index (κ1) is 15.6. The van der Waals surface area contributed by atoms with Gasteiger partial charge in [-0.25, -0.2) is 13.8 Å². The van der Waals surface area contributed by atoms with Crippen LogP contribution in [0.3, 0.4) is 0 Å². The van der Waals surface area contributed by atoms with Crippen LogP contribution >= 0.6 is 0 Å². The van der Waals surface area contributed by atoms with Crippen LogP contribution in [0.2, 0.25) is 0 Å². The largest absolute Gasteiger partial charge is 0.387 e. The number of aliphatic hydroxyl groups is 1. The molecule has 0 bridgehead atoms. The third kappa shape index (κ3) is 2.11. The maximum atomic E-state index is 14.9. The Morgan fingerprint density at radius 1 is 1.50 bits per heavy atom. The van der Waals surface area contributed by atoms with Crippen molar-refractivity contribution in [2.75, 3.05) is 19.6 Å². The Balaban J connectivity index is 2.01. The second kappa shape index (κ2) is 4.85. The summed E-state index contributed by atoms with van der Waals surface area (Å²) in [5, 5.41) is 26.7. The Labute approximate surface area is 128 Å². The van der Waals surface area contributed by atoms with E-state index in [2.05, 4.69) is 5.10 Å². The van der Waals surface area contributed by atoms with Gasteiger partial charge in [0.05, 0.1) is 24.6 Å². The number of nitrogens with two attached hydrogens (primary N) is 1. The lowest BCUT2D eigenvalue weighted by molar-refractivity contribution is -0.144. The number of hydrazine groups is 1. The molecule has 3 aliphatic rings. The number of hydrogen-bond donors (Lipinski definition) is 2. The highest BCUT2D eigenvalue weighted by molar-refractivity contribution is 5.90. The zero-order valence-corrected chi connectivity index (χ0v) is 12.6. The fourth-order valence-corrected chi connectivity index (χ4v) is 3.86. The highest BCUT2D eigenvalue weighted by Gasteiger charge is 2.65. The monoisotopic (exact) mass is 313 g/mol. The van der Waals surface area contributed by atoms with E-state index in [1.807, 2.05) is 6.07 Å². The number of piperidine rings is 1. The zero-order valence-electron chi connectivity index (χ0n) is 12.6. The molecule has 3 unspecified atom stereocenters. The lowest BCUT2D eigenvalue weighted by Gasteiger charge is -2.45. The Morgan fingerprint density at radius 3 is 2.91 bits per heavy atom. The SMILES string of the molecule is CC12C3CN(N)CCC3=NN1CC(O)(CC#N)CCC2(F)F. The van der Waals surface area contributed by atoms with Crippen molar-refractivity contribution in [3.63, 3.8) is 0 Å². The molecule has 8 heteroatoms. The fourth-order valence-electron chi connectivity index (χ4n) is 3.86. The van der Waals surface area contributed by atoms with Gasteiger partial charge in [-0.2, -0.15) is 10.4 Å². The molecule has 0 spiro atoms. The molecule has 0 aliphatic carbocycles. The molecule has 3 heterocycles. The molecule has 22 heavy (non-hydrogen) atoms. The summed E-state index contributed by atoms with van der Waals surface area (Å²) < 4.78 is 29.8. The molecular formula is C14H21F2N5O. The molecule has 0 saturated carbocycles. The van der Waals surface area contributed by atoms with E-state index in [4.69, 9.17) is 11.1 Å². The normalized spacial score (nSPS) is 41.2. The number of nitriles is 1. The van der Waals surface area contributed by atoms with Crippen LogP contribution in [0, 0.1) is 17.2 Å². The van der Waals surface area contributed by atoms with Crippen LogP contribution < -0.4 is 5.84 Å². The van der Waals surface area contributed by atoms with Gasteiger partial charge in [0.2, 0.25) is 0 Å². The van der Waals surface area contributed by atoms with Crippen molar-refractivity contribution in [1.29, 1.82) is 5.26 Å². The second-order valence-electron chi connectivity index (χ2n) is 6.86. The average Bonchev–Trinajstić information content (AvgIpc) is 2.68. The van der Waals surface area contributed by atoms with Crippen molar-refractivity contribution >= 4 is 5.71 Å². The van der Waals surface area contributed by atoms with E-state index in [0.29, 0.717) is 19.5 Å². The minimum Gasteiger partial charge on any atom is -0.387 e. The van der Waals surface area contributed by atoms with Crippen LogP contribution in [0.4, 0.5) is 8.78 Å².